The number of hydrogen-bond donors (Lipinski definition) is 1. The number of rotatable bonds is 4. The van der Waals surface area contributed by atoms with Crippen LogP contribution in [-0.2, 0) is 0 Å². The molecule has 0 radical (unpaired) electrons. The van der Waals surface area contributed by atoms with Gasteiger partial charge in [-0.1, -0.05) is 6.92 Å². The molecule has 2 saturated heterocycles. The monoisotopic (exact) mass is 287 g/mol. The Bertz CT molecular complexity index is 423. The summed E-state index contributed by atoms with van der Waals surface area (Å²) in [5.41, 5.74) is 2.67. The smallest absolute Gasteiger partial charge is 0.0367 e. The second-order valence-electron chi connectivity index (χ2n) is 6.45. The summed E-state index contributed by atoms with van der Waals surface area (Å²) in [5, 5.41) is 3.74. The fraction of sp³-hybridized carbons (Fsp3) is 0.667. The minimum Gasteiger partial charge on any atom is -0.382 e. The lowest BCUT2D eigenvalue weighted by atomic mass is 10.1. The molecule has 0 bridgehead atoms. The van der Waals surface area contributed by atoms with Crippen LogP contribution in [-0.4, -0.2) is 43.7 Å². The van der Waals surface area contributed by atoms with Gasteiger partial charge in [-0.15, -0.1) is 0 Å². The van der Waals surface area contributed by atoms with Crippen molar-refractivity contribution in [1.82, 2.24) is 4.90 Å². The van der Waals surface area contributed by atoms with Gasteiger partial charge in [0, 0.05) is 37.1 Å². The van der Waals surface area contributed by atoms with E-state index in [9.17, 15) is 0 Å². The SMILES string of the molecule is CCN1CCCC(Nc2ccc(N3CCCC3)cc2)CC1. The van der Waals surface area contributed by atoms with Crippen LogP contribution in [0.2, 0.25) is 0 Å². The zero-order chi connectivity index (χ0) is 14.5. The van der Waals surface area contributed by atoms with Crippen LogP contribution in [0, 0.1) is 0 Å². The van der Waals surface area contributed by atoms with Crippen LogP contribution >= 0.6 is 0 Å². The molecule has 116 valence electrons. The minimum absolute atomic E-state index is 0.638. The fourth-order valence-corrected chi connectivity index (χ4v) is 3.60. The quantitative estimate of drug-likeness (QED) is 0.913. The number of benzene rings is 1. The van der Waals surface area contributed by atoms with E-state index in [2.05, 4.69) is 46.3 Å². The number of nitrogens with one attached hydrogen (secondary N) is 1. The van der Waals surface area contributed by atoms with Crippen molar-refractivity contribution in [3.63, 3.8) is 0 Å². The van der Waals surface area contributed by atoms with Gasteiger partial charge in [0.2, 0.25) is 0 Å². The predicted molar refractivity (Wildman–Crippen MR) is 91.3 cm³/mol. The molecule has 0 spiro atoms. The maximum atomic E-state index is 3.74. The molecular formula is C18H29N3. The molecule has 1 N–H and O–H groups in total. The van der Waals surface area contributed by atoms with Crippen molar-refractivity contribution in [3.05, 3.63) is 24.3 Å². The van der Waals surface area contributed by atoms with Gasteiger partial charge in [-0.25, -0.2) is 0 Å². The van der Waals surface area contributed by atoms with Crippen molar-refractivity contribution in [2.75, 3.05) is 42.9 Å². The third-order valence-corrected chi connectivity index (χ3v) is 4.98. The van der Waals surface area contributed by atoms with Gasteiger partial charge in [0.15, 0.2) is 0 Å². The van der Waals surface area contributed by atoms with Gasteiger partial charge >= 0.3 is 0 Å². The molecule has 3 rings (SSSR count). The van der Waals surface area contributed by atoms with Crippen molar-refractivity contribution in [1.29, 1.82) is 0 Å². The number of hydrogen-bond acceptors (Lipinski definition) is 3. The Morgan fingerprint density at radius 2 is 1.71 bits per heavy atom. The summed E-state index contributed by atoms with van der Waals surface area (Å²) < 4.78 is 0. The highest BCUT2D eigenvalue weighted by molar-refractivity contribution is 5.55. The number of anilines is 2. The third kappa shape index (κ3) is 3.91. The Morgan fingerprint density at radius 3 is 2.43 bits per heavy atom. The zero-order valence-electron chi connectivity index (χ0n) is 13.4. The molecule has 0 saturated carbocycles. The minimum atomic E-state index is 0.638. The van der Waals surface area contributed by atoms with Crippen molar-refractivity contribution >= 4 is 11.4 Å². The van der Waals surface area contributed by atoms with E-state index in [0.29, 0.717) is 6.04 Å². The summed E-state index contributed by atoms with van der Waals surface area (Å²) in [5.74, 6) is 0. The summed E-state index contributed by atoms with van der Waals surface area (Å²) >= 11 is 0. The van der Waals surface area contributed by atoms with Gasteiger partial charge in [0.1, 0.15) is 0 Å². The summed E-state index contributed by atoms with van der Waals surface area (Å²) in [4.78, 5) is 5.06. The molecule has 0 aliphatic carbocycles. The molecule has 21 heavy (non-hydrogen) atoms. The van der Waals surface area contributed by atoms with Crippen molar-refractivity contribution in [2.24, 2.45) is 0 Å². The maximum Gasteiger partial charge on any atom is 0.0367 e. The molecular weight excluding hydrogens is 258 g/mol. The van der Waals surface area contributed by atoms with Crippen LogP contribution in [0.4, 0.5) is 11.4 Å². The van der Waals surface area contributed by atoms with Crippen LogP contribution in [0.1, 0.15) is 39.0 Å². The molecule has 1 atom stereocenters. The van der Waals surface area contributed by atoms with E-state index in [0.717, 1.165) is 0 Å². The molecule has 3 heteroatoms. The molecule has 2 fully saturated rings. The van der Waals surface area contributed by atoms with Crippen molar-refractivity contribution < 1.29 is 0 Å². The summed E-state index contributed by atoms with van der Waals surface area (Å²) in [6, 6.07) is 9.72. The zero-order valence-corrected chi connectivity index (χ0v) is 13.4. The average Bonchev–Trinajstić information content (AvgIpc) is 2.96. The topological polar surface area (TPSA) is 18.5 Å². The third-order valence-electron chi connectivity index (χ3n) is 4.98. The van der Waals surface area contributed by atoms with Crippen LogP contribution < -0.4 is 10.2 Å². The largest absolute Gasteiger partial charge is 0.382 e. The molecule has 2 heterocycles. The van der Waals surface area contributed by atoms with Crippen molar-refractivity contribution in [2.45, 2.75) is 45.1 Å². The second-order valence-corrected chi connectivity index (χ2v) is 6.45. The van der Waals surface area contributed by atoms with E-state index in [1.165, 1.54) is 76.2 Å². The maximum absolute atomic E-state index is 3.74. The standard InChI is InChI=1S/C18H29N3/c1-2-20-12-5-6-16(11-15-20)19-17-7-9-18(10-8-17)21-13-3-4-14-21/h7-10,16,19H,2-6,11-15H2,1H3. The van der Waals surface area contributed by atoms with Crippen LogP contribution in [0.15, 0.2) is 24.3 Å². The van der Waals surface area contributed by atoms with Crippen LogP contribution in [0.25, 0.3) is 0 Å². The van der Waals surface area contributed by atoms with Gasteiger partial charge in [-0.3, -0.25) is 0 Å². The van der Waals surface area contributed by atoms with Gasteiger partial charge in [-0.05, 0) is 69.5 Å². The Kier molecular flexibility index (Phi) is 5.02. The molecule has 1 aromatic rings. The van der Waals surface area contributed by atoms with E-state index in [4.69, 9.17) is 0 Å². The Labute approximate surface area is 129 Å². The first-order chi connectivity index (χ1) is 10.3. The molecule has 3 nitrogen and oxygen atoms in total. The van der Waals surface area contributed by atoms with Gasteiger partial charge < -0.3 is 15.1 Å². The highest BCUT2D eigenvalue weighted by Crippen LogP contribution is 2.23. The van der Waals surface area contributed by atoms with Crippen molar-refractivity contribution in [3.8, 4) is 0 Å². The normalized spacial score (nSPS) is 24.0. The van der Waals surface area contributed by atoms with E-state index in [1.807, 2.05) is 0 Å². The number of likely N-dealkylation sites (tertiary alicyclic amines) is 1. The number of nitrogens with zero attached hydrogens (tertiary/aromatic N) is 2. The van der Waals surface area contributed by atoms with Gasteiger partial charge in [0.25, 0.3) is 0 Å². The molecule has 2 aliphatic rings. The Morgan fingerprint density at radius 1 is 0.952 bits per heavy atom. The lowest BCUT2D eigenvalue weighted by Gasteiger charge is -2.21. The lowest BCUT2D eigenvalue weighted by Crippen LogP contribution is -2.26. The van der Waals surface area contributed by atoms with Gasteiger partial charge in [0.05, 0.1) is 0 Å². The summed E-state index contributed by atoms with van der Waals surface area (Å²) in [6.45, 7) is 8.41. The molecule has 2 aliphatic heterocycles. The fourth-order valence-electron chi connectivity index (χ4n) is 3.60. The molecule has 0 amide bonds. The van der Waals surface area contributed by atoms with Gasteiger partial charge in [-0.2, -0.15) is 0 Å². The lowest BCUT2D eigenvalue weighted by molar-refractivity contribution is 0.300. The molecule has 0 aromatic heterocycles. The van der Waals surface area contributed by atoms with E-state index in [-0.39, 0.29) is 0 Å². The molecule has 1 aromatic carbocycles. The van der Waals surface area contributed by atoms with E-state index >= 15 is 0 Å². The molecule has 1 unspecified atom stereocenters. The summed E-state index contributed by atoms with van der Waals surface area (Å²) in [6.07, 6.45) is 6.56. The van der Waals surface area contributed by atoms with Crippen LogP contribution in [0.3, 0.4) is 0 Å². The Hall–Kier alpha value is -1.22. The first kappa shape index (κ1) is 14.7. The first-order valence-electron chi connectivity index (χ1n) is 8.69. The highest BCUT2D eigenvalue weighted by atomic mass is 15.1. The highest BCUT2D eigenvalue weighted by Gasteiger charge is 2.16. The second kappa shape index (κ2) is 7.17. The average molecular weight is 287 g/mol. The Balaban J connectivity index is 1.54. The van der Waals surface area contributed by atoms with E-state index < -0.39 is 0 Å². The predicted octanol–water partition coefficient (Wildman–Crippen LogP) is 3.57. The van der Waals surface area contributed by atoms with Crippen LogP contribution in [0.5, 0.6) is 0 Å². The first-order valence-corrected chi connectivity index (χ1v) is 8.69. The summed E-state index contributed by atoms with van der Waals surface area (Å²) in [7, 11) is 0. The van der Waals surface area contributed by atoms with E-state index in [1.54, 1.807) is 0 Å².